The zero-order valence-corrected chi connectivity index (χ0v) is 35.2. The summed E-state index contributed by atoms with van der Waals surface area (Å²) in [4.78, 5) is 96.1. The molecule has 0 saturated carbocycles. The maximum Gasteiger partial charge on any atom is 0.409 e. The number of aromatic nitrogens is 4. The Morgan fingerprint density at radius 2 is 1.63 bits per heavy atom. The van der Waals surface area contributed by atoms with Crippen LogP contribution in [0.2, 0.25) is 0 Å². The van der Waals surface area contributed by atoms with E-state index in [0.29, 0.717) is 17.3 Å². The monoisotopic (exact) mass is 902 g/mol. The molecular formula is C32H46N12O13S3. The van der Waals surface area contributed by atoms with Crippen molar-refractivity contribution >= 4 is 63.5 Å². The molecule has 2 fully saturated rings. The highest BCUT2D eigenvalue weighted by Gasteiger charge is 2.37. The summed E-state index contributed by atoms with van der Waals surface area (Å²) in [5, 5.41) is 8.71. The number of amides is 4. The van der Waals surface area contributed by atoms with Gasteiger partial charge >= 0.3 is 35.8 Å². The second-order valence-corrected chi connectivity index (χ2v) is 16.7. The molecule has 60 heavy (non-hydrogen) atoms. The molecule has 2 aliphatic heterocycles. The third-order valence-electron chi connectivity index (χ3n) is 8.41. The Labute approximate surface area is 353 Å². The SMILES string of the molecule is Cc1cn(C2CC(N=[N+]=[N-])C(COC(=O)N(C)CCN(C)C(=O)OCCSSCCOC(=O)NCCNC(=O)OCC3OC(n4ccc(N)nc4=O)CS3)O2)c(=O)[nH]c1=O. The minimum atomic E-state index is -0.853. The number of thioether (sulfide) groups is 1. The molecule has 0 aromatic carbocycles. The number of ether oxygens (including phenoxy) is 6. The van der Waals surface area contributed by atoms with Crippen molar-refractivity contribution in [3.05, 3.63) is 65.8 Å². The van der Waals surface area contributed by atoms with E-state index in [0.717, 1.165) is 0 Å². The Morgan fingerprint density at radius 3 is 2.30 bits per heavy atom. The van der Waals surface area contributed by atoms with Crippen LogP contribution in [-0.2, 0) is 28.4 Å². The topological polar surface area (TPSA) is 319 Å². The van der Waals surface area contributed by atoms with Crippen LogP contribution in [0.1, 0.15) is 24.4 Å². The minimum absolute atomic E-state index is 0.0483. The van der Waals surface area contributed by atoms with Crippen LogP contribution < -0.4 is 33.3 Å². The molecule has 5 N–H and O–H groups in total. The molecule has 28 heteroatoms. The second-order valence-electron chi connectivity index (χ2n) is 12.8. The average Bonchev–Trinajstić information content (AvgIpc) is 3.86. The fourth-order valence-electron chi connectivity index (χ4n) is 5.23. The summed E-state index contributed by atoms with van der Waals surface area (Å²) in [6.07, 6.45) is -1.98. The Balaban J connectivity index is 0.970. The smallest absolute Gasteiger partial charge is 0.409 e. The van der Waals surface area contributed by atoms with E-state index in [4.69, 9.17) is 39.7 Å². The number of carbonyl (C=O) groups excluding carboxylic acids is 4. The zero-order valence-electron chi connectivity index (χ0n) is 32.8. The highest BCUT2D eigenvalue weighted by Crippen LogP contribution is 2.32. The molecule has 2 aromatic rings. The van der Waals surface area contributed by atoms with E-state index in [1.54, 1.807) is 0 Å². The largest absolute Gasteiger partial charge is 0.449 e. The minimum Gasteiger partial charge on any atom is -0.449 e. The number of hydrogen-bond acceptors (Lipinski definition) is 19. The van der Waals surface area contributed by atoms with E-state index in [1.165, 1.54) is 91.8 Å². The number of H-pyrrole nitrogens is 1. The molecule has 5 unspecified atom stereocenters. The lowest BCUT2D eigenvalue weighted by molar-refractivity contribution is -0.0343. The predicted molar refractivity (Wildman–Crippen MR) is 218 cm³/mol. The Morgan fingerprint density at radius 1 is 0.983 bits per heavy atom. The number of likely N-dealkylation sites (N-methyl/N-ethyl adjacent to an activating group) is 2. The number of hydrogen-bond donors (Lipinski definition) is 4. The zero-order chi connectivity index (χ0) is 43.6. The average molecular weight is 903 g/mol. The third-order valence-corrected chi connectivity index (χ3v) is 11.8. The van der Waals surface area contributed by atoms with Gasteiger partial charge in [-0.05, 0) is 18.5 Å². The van der Waals surface area contributed by atoms with Gasteiger partial charge < -0.3 is 54.6 Å². The molecule has 0 spiro atoms. The molecule has 330 valence electrons. The maximum atomic E-state index is 12.6. The molecule has 0 radical (unpaired) electrons. The number of nitrogens with one attached hydrogen (secondary N) is 3. The first kappa shape index (κ1) is 47.4. The van der Waals surface area contributed by atoms with Crippen LogP contribution in [0.15, 0.2) is 38.0 Å². The van der Waals surface area contributed by atoms with Crippen LogP contribution in [0.5, 0.6) is 0 Å². The van der Waals surface area contributed by atoms with Crippen molar-refractivity contribution in [2.75, 3.05) is 89.7 Å². The summed E-state index contributed by atoms with van der Waals surface area (Å²) < 4.78 is 34.9. The van der Waals surface area contributed by atoms with Crippen LogP contribution in [0.4, 0.5) is 25.0 Å². The lowest BCUT2D eigenvalue weighted by Crippen LogP contribution is -2.39. The molecule has 4 amide bonds. The molecule has 25 nitrogen and oxygen atoms in total. The van der Waals surface area contributed by atoms with Crippen molar-refractivity contribution in [1.29, 1.82) is 0 Å². The molecule has 2 aromatic heterocycles. The summed E-state index contributed by atoms with van der Waals surface area (Å²) in [5.74, 6) is 1.51. The van der Waals surface area contributed by atoms with Gasteiger partial charge in [-0.1, -0.05) is 26.7 Å². The van der Waals surface area contributed by atoms with Gasteiger partial charge in [0, 0.05) is 86.8 Å². The van der Waals surface area contributed by atoms with Crippen LogP contribution in [0.3, 0.4) is 0 Å². The van der Waals surface area contributed by atoms with Crippen LogP contribution >= 0.6 is 33.3 Å². The lowest BCUT2D eigenvalue weighted by atomic mass is 10.1. The summed E-state index contributed by atoms with van der Waals surface area (Å²) in [5.41, 5.74) is 12.5. The van der Waals surface area contributed by atoms with Crippen molar-refractivity contribution in [3.8, 4) is 0 Å². The summed E-state index contributed by atoms with van der Waals surface area (Å²) >= 11 is 1.38. The number of nitrogens with zero attached hydrogens (tertiary/aromatic N) is 8. The van der Waals surface area contributed by atoms with Crippen LogP contribution in [0, 0.1) is 6.92 Å². The van der Waals surface area contributed by atoms with Crippen molar-refractivity contribution in [3.63, 3.8) is 0 Å². The van der Waals surface area contributed by atoms with Gasteiger partial charge in [0.15, 0.2) is 0 Å². The Kier molecular flexibility index (Phi) is 19.0. The molecule has 4 rings (SSSR count). The van der Waals surface area contributed by atoms with Gasteiger partial charge in [0.05, 0.1) is 6.04 Å². The molecule has 5 atom stereocenters. The first-order valence-electron chi connectivity index (χ1n) is 18.2. The Hall–Kier alpha value is -5.28. The normalized spacial score (nSPS) is 19.4. The first-order chi connectivity index (χ1) is 28.7. The second kappa shape index (κ2) is 24.1. The molecule has 4 heterocycles. The number of carbonyl (C=O) groups is 4. The van der Waals surface area contributed by atoms with E-state index in [-0.39, 0.29) is 70.4 Å². The maximum absolute atomic E-state index is 12.6. The number of nitrogen functional groups attached to an aromatic ring is 1. The summed E-state index contributed by atoms with van der Waals surface area (Å²) in [6.45, 7) is 1.88. The molecule has 2 saturated heterocycles. The highest BCUT2D eigenvalue weighted by atomic mass is 33.1. The standard InChI is InChI=1S/C32H46N12O13S3/c1-19-15-44(28(47)38-26(19)45)23-14-20(39-40-34)21(56-23)16-55-32(51)42(3)9-8-41(2)31(50)53-11-13-60-59-12-10-52-29(48)35-5-6-36-30(49)54-17-25-57-24(18-58-25)43-7-4-22(33)37-27(43)46/h4,7,15,20-21,23-25H,5-6,8-14,16-18H2,1-3H3,(H,35,48)(H,36,49)(H2,33,37,46)(H,38,45,47). The van der Waals surface area contributed by atoms with Gasteiger partial charge in [0.1, 0.15) is 56.2 Å². The number of aryl methyl sites for hydroxylation is 1. The predicted octanol–water partition coefficient (Wildman–Crippen LogP) is 1.21. The van der Waals surface area contributed by atoms with E-state index in [1.807, 2.05) is 0 Å². The first-order valence-corrected chi connectivity index (χ1v) is 21.7. The van der Waals surface area contributed by atoms with Crippen LogP contribution in [-0.4, -0.2) is 155 Å². The number of nitrogens with two attached hydrogens (primary N) is 1. The molecule has 0 bridgehead atoms. The number of azide groups is 1. The van der Waals surface area contributed by atoms with Crippen molar-refractivity contribution in [2.45, 2.75) is 43.4 Å². The van der Waals surface area contributed by atoms with Gasteiger partial charge in [0.25, 0.3) is 5.56 Å². The van der Waals surface area contributed by atoms with Gasteiger partial charge in [-0.15, -0.1) is 11.8 Å². The molecular weight excluding hydrogens is 857 g/mol. The quantitative estimate of drug-likeness (QED) is 0.0362. The van der Waals surface area contributed by atoms with Crippen LogP contribution in [0.25, 0.3) is 10.4 Å². The van der Waals surface area contributed by atoms with Crippen molar-refractivity contribution < 1.29 is 47.6 Å². The van der Waals surface area contributed by atoms with E-state index in [2.05, 4.69) is 30.6 Å². The highest BCUT2D eigenvalue weighted by molar-refractivity contribution is 8.76. The van der Waals surface area contributed by atoms with Gasteiger partial charge in [-0.3, -0.25) is 18.9 Å². The number of anilines is 1. The Bertz CT molecular complexity index is 2020. The van der Waals surface area contributed by atoms with E-state index in [9.17, 15) is 33.6 Å². The van der Waals surface area contributed by atoms with E-state index >= 15 is 0 Å². The number of rotatable bonds is 20. The number of aromatic amines is 1. The fourth-order valence-corrected chi connectivity index (χ4v) is 7.87. The molecule has 0 aliphatic carbocycles. The fraction of sp³-hybridized carbons (Fsp3) is 0.625. The van der Waals surface area contributed by atoms with Crippen molar-refractivity contribution in [1.82, 2.24) is 39.5 Å². The van der Waals surface area contributed by atoms with E-state index < -0.39 is 71.3 Å². The summed E-state index contributed by atoms with van der Waals surface area (Å²) in [6, 6.07) is 0.746. The van der Waals surface area contributed by atoms with Gasteiger partial charge in [-0.25, -0.2) is 28.8 Å². The third kappa shape index (κ3) is 15.1. The van der Waals surface area contributed by atoms with Gasteiger partial charge in [-0.2, -0.15) is 4.98 Å². The molecule has 2 aliphatic rings. The summed E-state index contributed by atoms with van der Waals surface area (Å²) in [7, 11) is 5.82. The lowest BCUT2D eigenvalue weighted by Gasteiger charge is -2.23. The van der Waals surface area contributed by atoms with Gasteiger partial charge in [0.2, 0.25) is 0 Å². The van der Waals surface area contributed by atoms with Crippen molar-refractivity contribution in [2.24, 2.45) is 5.11 Å². The number of alkyl carbamates (subject to hydrolysis) is 2.